The van der Waals surface area contributed by atoms with Gasteiger partial charge in [-0.3, -0.25) is 4.79 Å². The summed E-state index contributed by atoms with van der Waals surface area (Å²) in [5, 5.41) is 2.20. The SMILES string of the molecule is C=CC(=O)OCCCCCCc1ccc(OC(=O)C2CCC(C3CCC(CCC)CC3)CC2)c2ccccc12. The van der Waals surface area contributed by atoms with Crippen LogP contribution in [0.2, 0.25) is 0 Å². The van der Waals surface area contributed by atoms with Crippen molar-refractivity contribution < 1.29 is 19.1 Å². The molecule has 0 heterocycles. The number of carbonyl (C=O) groups excluding carboxylic acids is 2. The van der Waals surface area contributed by atoms with Gasteiger partial charge in [-0.25, -0.2) is 4.79 Å². The first-order valence-corrected chi connectivity index (χ1v) is 15.6. The fraction of sp³-hybridized carbons (Fsp3) is 0.600. The van der Waals surface area contributed by atoms with Gasteiger partial charge in [0.25, 0.3) is 0 Å². The average molecular weight is 533 g/mol. The van der Waals surface area contributed by atoms with Crippen molar-refractivity contribution in [2.75, 3.05) is 6.61 Å². The number of fused-ring (bicyclic) bond motifs is 1. The standard InChI is InChI=1S/C35H48O4/c1-3-11-26-15-17-27(18-16-26)28-19-21-30(22-20-28)35(37)39-33-24-23-29(31-13-8-9-14-32(31)33)12-7-5-6-10-25-38-34(36)4-2/h4,8-9,13-14,23-24,26-28,30H,2-3,5-7,10-12,15-22,25H2,1H3. The Balaban J connectivity index is 1.25. The Bertz CT molecular complexity index is 1070. The molecule has 0 aliphatic heterocycles. The fourth-order valence-corrected chi connectivity index (χ4v) is 7.02. The van der Waals surface area contributed by atoms with Crippen LogP contribution >= 0.6 is 0 Å². The van der Waals surface area contributed by atoms with E-state index in [0.29, 0.717) is 12.4 Å². The third-order valence-electron chi connectivity index (χ3n) is 9.30. The van der Waals surface area contributed by atoms with E-state index in [4.69, 9.17) is 9.47 Å². The second kappa shape index (κ2) is 15.2. The number of unbranched alkanes of at least 4 members (excludes halogenated alkanes) is 3. The molecule has 0 N–H and O–H groups in total. The number of carbonyl (C=O) groups is 2. The third kappa shape index (κ3) is 8.43. The molecule has 4 rings (SSSR count). The molecule has 0 amide bonds. The van der Waals surface area contributed by atoms with E-state index in [2.05, 4.69) is 37.8 Å². The average Bonchev–Trinajstić information content (AvgIpc) is 2.98. The smallest absolute Gasteiger partial charge is 0.330 e. The number of aryl methyl sites for hydroxylation is 1. The quantitative estimate of drug-likeness (QED) is 0.112. The number of hydrogen-bond donors (Lipinski definition) is 0. The second-order valence-electron chi connectivity index (χ2n) is 11.9. The molecule has 39 heavy (non-hydrogen) atoms. The molecule has 4 nitrogen and oxygen atoms in total. The summed E-state index contributed by atoms with van der Waals surface area (Å²) in [5.41, 5.74) is 1.29. The van der Waals surface area contributed by atoms with Crippen LogP contribution in [0.15, 0.2) is 49.1 Å². The van der Waals surface area contributed by atoms with Crippen LogP contribution in [0, 0.1) is 23.7 Å². The van der Waals surface area contributed by atoms with E-state index < -0.39 is 0 Å². The van der Waals surface area contributed by atoms with Crippen molar-refractivity contribution in [2.24, 2.45) is 23.7 Å². The number of rotatable bonds is 13. The van der Waals surface area contributed by atoms with Gasteiger partial charge in [0.2, 0.25) is 0 Å². The lowest BCUT2D eigenvalue weighted by Gasteiger charge is -2.37. The predicted octanol–water partition coefficient (Wildman–Crippen LogP) is 8.99. The lowest BCUT2D eigenvalue weighted by Crippen LogP contribution is -2.30. The Morgan fingerprint density at radius 3 is 2.21 bits per heavy atom. The van der Waals surface area contributed by atoms with Gasteiger partial charge < -0.3 is 9.47 Å². The summed E-state index contributed by atoms with van der Waals surface area (Å²) in [6.07, 6.45) is 18.9. The van der Waals surface area contributed by atoms with Crippen molar-refractivity contribution in [1.29, 1.82) is 0 Å². The van der Waals surface area contributed by atoms with E-state index >= 15 is 0 Å². The van der Waals surface area contributed by atoms with Gasteiger partial charge in [-0.1, -0.05) is 82.4 Å². The number of benzene rings is 2. The Morgan fingerprint density at radius 2 is 1.51 bits per heavy atom. The normalized spacial score (nSPS) is 23.3. The fourth-order valence-electron chi connectivity index (χ4n) is 7.02. The topological polar surface area (TPSA) is 52.6 Å². The van der Waals surface area contributed by atoms with E-state index in [1.165, 1.54) is 68.4 Å². The van der Waals surface area contributed by atoms with E-state index in [1.54, 1.807) is 0 Å². The largest absolute Gasteiger partial charge is 0.463 e. The highest BCUT2D eigenvalue weighted by atomic mass is 16.5. The zero-order chi connectivity index (χ0) is 27.5. The van der Waals surface area contributed by atoms with Crippen LogP contribution in [0.25, 0.3) is 10.8 Å². The van der Waals surface area contributed by atoms with Crippen LogP contribution in [0.1, 0.15) is 102 Å². The molecule has 212 valence electrons. The van der Waals surface area contributed by atoms with Crippen molar-refractivity contribution in [1.82, 2.24) is 0 Å². The molecule has 0 atom stereocenters. The molecule has 2 aromatic rings. The van der Waals surface area contributed by atoms with Crippen molar-refractivity contribution in [2.45, 2.75) is 103 Å². The molecule has 0 aromatic heterocycles. The van der Waals surface area contributed by atoms with Crippen molar-refractivity contribution in [3.8, 4) is 5.75 Å². The minimum atomic E-state index is -0.352. The first-order chi connectivity index (χ1) is 19.1. The Kier molecular flexibility index (Phi) is 11.5. The molecule has 0 bridgehead atoms. The molecule has 2 aromatic carbocycles. The van der Waals surface area contributed by atoms with Crippen LogP contribution in [0.5, 0.6) is 5.75 Å². The van der Waals surface area contributed by atoms with Crippen LogP contribution in [-0.2, 0) is 20.7 Å². The Morgan fingerprint density at radius 1 is 0.846 bits per heavy atom. The summed E-state index contributed by atoms with van der Waals surface area (Å²) in [7, 11) is 0. The summed E-state index contributed by atoms with van der Waals surface area (Å²) < 4.78 is 11.1. The minimum absolute atomic E-state index is 0.0295. The number of esters is 2. The van der Waals surface area contributed by atoms with Gasteiger partial charge in [0, 0.05) is 11.5 Å². The van der Waals surface area contributed by atoms with Gasteiger partial charge in [-0.2, -0.15) is 0 Å². The summed E-state index contributed by atoms with van der Waals surface area (Å²) >= 11 is 0. The molecule has 2 aliphatic carbocycles. The van der Waals surface area contributed by atoms with Crippen molar-refractivity contribution in [3.63, 3.8) is 0 Å². The zero-order valence-electron chi connectivity index (χ0n) is 24.0. The molecular formula is C35H48O4. The molecular weight excluding hydrogens is 484 g/mol. The molecule has 2 saturated carbocycles. The minimum Gasteiger partial charge on any atom is -0.463 e. The molecule has 2 fully saturated rings. The first kappa shape index (κ1) is 29.4. The molecule has 0 radical (unpaired) electrons. The van der Waals surface area contributed by atoms with E-state index in [-0.39, 0.29) is 17.9 Å². The van der Waals surface area contributed by atoms with Crippen LogP contribution in [-0.4, -0.2) is 18.5 Å². The van der Waals surface area contributed by atoms with Gasteiger partial charge in [-0.05, 0) is 92.6 Å². The first-order valence-electron chi connectivity index (χ1n) is 15.6. The highest BCUT2D eigenvalue weighted by molar-refractivity contribution is 5.93. The van der Waals surface area contributed by atoms with Crippen LogP contribution < -0.4 is 4.74 Å². The molecule has 2 aliphatic rings. The van der Waals surface area contributed by atoms with E-state index in [1.807, 2.05) is 12.1 Å². The number of hydrogen-bond acceptors (Lipinski definition) is 4. The summed E-state index contributed by atoms with van der Waals surface area (Å²) in [4.78, 5) is 24.3. The highest BCUT2D eigenvalue weighted by Crippen LogP contribution is 2.42. The lowest BCUT2D eigenvalue weighted by molar-refractivity contribution is -0.140. The monoisotopic (exact) mass is 532 g/mol. The maximum Gasteiger partial charge on any atom is 0.330 e. The second-order valence-corrected chi connectivity index (χ2v) is 11.9. The molecule has 0 unspecified atom stereocenters. The predicted molar refractivity (Wildman–Crippen MR) is 159 cm³/mol. The zero-order valence-corrected chi connectivity index (χ0v) is 24.0. The molecule has 0 spiro atoms. The van der Waals surface area contributed by atoms with Crippen molar-refractivity contribution in [3.05, 3.63) is 54.6 Å². The maximum absolute atomic E-state index is 13.2. The highest BCUT2D eigenvalue weighted by Gasteiger charge is 2.33. The molecule has 0 saturated heterocycles. The molecule has 4 heteroatoms. The van der Waals surface area contributed by atoms with E-state index in [0.717, 1.165) is 68.1 Å². The third-order valence-corrected chi connectivity index (χ3v) is 9.30. The van der Waals surface area contributed by atoms with Gasteiger partial charge in [0.1, 0.15) is 5.75 Å². The summed E-state index contributed by atoms with van der Waals surface area (Å²) in [6, 6.07) is 12.4. The van der Waals surface area contributed by atoms with Gasteiger partial charge >= 0.3 is 11.9 Å². The lowest BCUT2D eigenvalue weighted by atomic mass is 9.69. The van der Waals surface area contributed by atoms with Crippen LogP contribution in [0.3, 0.4) is 0 Å². The van der Waals surface area contributed by atoms with Crippen molar-refractivity contribution >= 4 is 22.7 Å². The van der Waals surface area contributed by atoms with Gasteiger partial charge in [-0.15, -0.1) is 0 Å². The maximum atomic E-state index is 13.2. The van der Waals surface area contributed by atoms with Gasteiger partial charge in [0.15, 0.2) is 0 Å². The number of ether oxygens (including phenoxy) is 2. The van der Waals surface area contributed by atoms with Crippen LogP contribution in [0.4, 0.5) is 0 Å². The Labute approximate surface area is 235 Å². The van der Waals surface area contributed by atoms with E-state index in [9.17, 15) is 9.59 Å². The summed E-state index contributed by atoms with van der Waals surface area (Å²) in [5.74, 6) is 2.96. The Hall–Kier alpha value is -2.62. The summed E-state index contributed by atoms with van der Waals surface area (Å²) in [6.45, 7) is 6.18. The van der Waals surface area contributed by atoms with Gasteiger partial charge in [0.05, 0.1) is 12.5 Å².